The molecule has 1 aromatic carbocycles. The van der Waals surface area contributed by atoms with Crippen molar-refractivity contribution in [1.82, 2.24) is 0 Å². The molecule has 94 valence electrons. The lowest BCUT2D eigenvalue weighted by Gasteiger charge is -2.32. The molecule has 0 aliphatic carbocycles. The van der Waals surface area contributed by atoms with E-state index in [1.807, 2.05) is 6.07 Å². The fraction of sp³-hybridized carbons (Fsp3) is 0.571. The Labute approximate surface area is 112 Å². The third-order valence-corrected chi connectivity index (χ3v) is 4.27. The molecule has 1 saturated heterocycles. The van der Waals surface area contributed by atoms with Gasteiger partial charge in [-0.2, -0.15) is 0 Å². The van der Waals surface area contributed by atoms with E-state index in [1.165, 1.54) is 18.5 Å². The average molecular weight is 298 g/mol. The Bertz CT molecular complexity index is 384. The second kappa shape index (κ2) is 5.40. The van der Waals surface area contributed by atoms with E-state index in [-0.39, 0.29) is 0 Å². The van der Waals surface area contributed by atoms with Crippen LogP contribution in [0.2, 0.25) is 0 Å². The summed E-state index contributed by atoms with van der Waals surface area (Å²) in [5, 5.41) is 9.60. The van der Waals surface area contributed by atoms with Gasteiger partial charge in [0, 0.05) is 23.2 Å². The summed E-state index contributed by atoms with van der Waals surface area (Å²) in [4.78, 5) is 2.43. The third-order valence-electron chi connectivity index (χ3n) is 3.58. The van der Waals surface area contributed by atoms with Gasteiger partial charge in [0.2, 0.25) is 0 Å². The van der Waals surface area contributed by atoms with Crippen molar-refractivity contribution in [1.29, 1.82) is 0 Å². The van der Waals surface area contributed by atoms with Crippen LogP contribution in [0.5, 0.6) is 0 Å². The third kappa shape index (κ3) is 3.02. The van der Waals surface area contributed by atoms with Gasteiger partial charge in [-0.3, -0.25) is 0 Å². The normalized spacial score (nSPS) is 19.4. The number of halogens is 1. The first-order valence-corrected chi connectivity index (χ1v) is 7.09. The number of benzene rings is 1. The number of rotatable bonds is 2. The lowest BCUT2D eigenvalue weighted by molar-refractivity contribution is 0.198. The smallest absolute Gasteiger partial charge is 0.0772 e. The molecule has 1 unspecified atom stereocenters. The van der Waals surface area contributed by atoms with Gasteiger partial charge in [-0.15, -0.1) is 0 Å². The first kappa shape index (κ1) is 12.9. The minimum absolute atomic E-state index is 0.417. The monoisotopic (exact) mass is 297 g/mol. The van der Waals surface area contributed by atoms with Crippen molar-refractivity contribution in [2.24, 2.45) is 5.92 Å². The summed E-state index contributed by atoms with van der Waals surface area (Å²) >= 11 is 3.54. The van der Waals surface area contributed by atoms with Crippen LogP contribution in [-0.4, -0.2) is 18.2 Å². The van der Waals surface area contributed by atoms with Crippen LogP contribution < -0.4 is 4.90 Å². The highest BCUT2D eigenvalue weighted by atomic mass is 79.9. The number of aliphatic hydroxyl groups is 1. The summed E-state index contributed by atoms with van der Waals surface area (Å²) in [6.45, 7) is 6.40. The number of nitrogens with zero attached hydrogens (tertiary/aromatic N) is 1. The average Bonchev–Trinajstić information content (AvgIpc) is 2.29. The van der Waals surface area contributed by atoms with E-state index in [4.69, 9.17) is 0 Å². The van der Waals surface area contributed by atoms with Crippen molar-refractivity contribution in [2.45, 2.75) is 32.8 Å². The van der Waals surface area contributed by atoms with Crippen LogP contribution in [0.25, 0.3) is 0 Å². The molecule has 1 N–H and O–H groups in total. The van der Waals surface area contributed by atoms with Gasteiger partial charge in [0.1, 0.15) is 0 Å². The molecular weight excluding hydrogens is 278 g/mol. The standard InChI is InChI=1S/C14H20BrNO/c1-10-5-7-16(8-6-10)12-3-4-13(11(2)17)14(15)9-12/h3-4,9-11,17H,5-8H2,1-2H3. The van der Waals surface area contributed by atoms with E-state index in [2.05, 4.69) is 39.9 Å². The van der Waals surface area contributed by atoms with Crippen molar-refractivity contribution in [3.63, 3.8) is 0 Å². The molecule has 0 aromatic heterocycles. The topological polar surface area (TPSA) is 23.5 Å². The van der Waals surface area contributed by atoms with Crippen LogP contribution >= 0.6 is 15.9 Å². The molecule has 2 nitrogen and oxygen atoms in total. The Kier molecular flexibility index (Phi) is 4.10. The van der Waals surface area contributed by atoms with Crippen LogP contribution in [0.15, 0.2) is 22.7 Å². The van der Waals surface area contributed by atoms with E-state index in [1.54, 1.807) is 6.92 Å². The van der Waals surface area contributed by atoms with Gasteiger partial charge in [-0.25, -0.2) is 0 Å². The molecule has 0 radical (unpaired) electrons. The largest absolute Gasteiger partial charge is 0.389 e. The van der Waals surface area contributed by atoms with E-state index in [0.717, 1.165) is 29.0 Å². The first-order chi connectivity index (χ1) is 8.08. The maximum Gasteiger partial charge on any atom is 0.0772 e. The molecule has 1 atom stereocenters. The Balaban J connectivity index is 2.14. The number of anilines is 1. The quantitative estimate of drug-likeness (QED) is 0.899. The second-order valence-corrected chi connectivity index (χ2v) is 5.91. The predicted molar refractivity (Wildman–Crippen MR) is 75.4 cm³/mol. The lowest BCUT2D eigenvalue weighted by Crippen LogP contribution is -2.32. The molecule has 1 aliphatic heterocycles. The van der Waals surface area contributed by atoms with E-state index in [0.29, 0.717) is 0 Å². The van der Waals surface area contributed by atoms with Gasteiger partial charge >= 0.3 is 0 Å². The zero-order valence-electron chi connectivity index (χ0n) is 10.5. The molecule has 1 aliphatic rings. The van der Waals surface area contributed by atoms with Crippen molar-refractivity contribution in [3.05, 3.63) is 28.2 Å². The summed E-state index contributed by atoms with van der Waals surface area (Å²) in [6.07, 6.45) is 2.13. The fourth-order valence-corrected chi connectivity index (χ4v) is 3.02. The molecule has 0 amide bonds. The zero-order valence-corrected chi connectivity index (χ0v) is 12.1. The van der Waals surface area contributed by atoms with E-state index >= 15 is 0 Å². The molecule has 1 aromatic rings. The molecule has 0 bridgehead atoms. The van der Waals surface area contributed by atoms with Gasteiger partial charge in [0.05, 0.1) is 6.10 Å². The summed E-state index contributed by atoms with van der Waals surface area (Å²) < 4.78 is 1.00. The minimum Gasteiger partial charge on any atom is -0.389 e. The van der Waals surface area contributed by atoms with Gasteiger partial charge in [0.15, 0.2) is 0 Å². The highest BCUT2D eigenvalue weighted by molar-refractivity contribution is 9.10. The van der Waals surface area contributed by atoms with Crippen molar-refractivity contribution < 1.29 is 5.11 Å². The summed E-state index contributed by atoms with van der Waals surface area (Å²) in [5.74, 6) is 0.853. The van der Waals surface area contributed by atoms with Crippen molar-refractivity contribution >= 4 is 21.6 Å². The molecule has 0 spiro atoms. The highest BCUT2D eigenvalue weighted by Gasteiger charge is 2.17. The SMILES string of the molecule is CC1CCN(c2ccc(C(C)O)c(Br)c2)CC1. The molecular formula is C14H20BrNO. The molecule has 17 heavy (non-hydrogen) atoms. The lowest BCUT2D eigenvalue weighted by atomic mass is 9.98. The Morgan fingerprint density at radius 3 is 2.53 bits per heavy atom. The van der Waals surface area contributed by atoms with Gasteiger partial charge < -0.3 is 10.0 Å². The Morgan fingerprint density at radius 1 is 1.35 bits per heavy atom. The number of aliphatic hydroxyl groups excluding tert-OH is 1. The predicted octanol–water partition coefficient (Wildman–Crippen LogP) is 3.74. The van der Waals surface area contributed by atoms with E-state index in [9.17, 15) is 5.11 Å². The molecule has 0 saturated carbocycles. The van der Waals surface area contributed by atoms with Gasteiger partial charge in [0.25, 0.3) is 0 Å². The van der Waals surface area contributed by atoms with Gasteiger partial charge in [-0.1, -0.05) is 28.9 Å². The molecule has 1 fully saturated rings. The molecule has 2 rings (SSSR count). The van der Waals surface area contributed by atoms with Crippen LogP contribution in [-0.2, 0) is 0 Å². The number of piperidine rings is 1. The van der Waals surface area contributed by atoms with Gasteiger partial charge in [-0.05, 0) is 43.4 Å². The van der Waals surface area contributed by atoms with Crippen LogP contribution in [0.3, 0.4) is 0 Å². The number of hydrogen-bond donors (Lipinski definition) is 1. The number of hydrogen-bond acceptors (Lipinski definition) is 2. The second-order valence-electron chi connectivity index (χ2n) is 5.05. The fourth-order valence-electron chi connectivity index (χ4n) is 2.32. The first-order valence-electron chi connectivity index (χ1n) is 6.30. The van der Waals surface area contributed by atoms with Crippen molar-refractivity contribution in [3.8, 4) is 0 Å². The van der Waals surface area contributed by atoms with E-state index < -0.39 is 6.10 Å². The maximum absolute atomic E-state index is 9.60. The van der Waals surface area contributed by atoms with Crippen LogP contribution in [0.1, 0.15) is 38.4 Å². The summed E-state index contributed by atoms with van der Waals surface area (Å²) in [5.41, 5.74) is 2.22. The molecule has 3 heteroatoms. The van der Waals surface area contributed by atoms with Crippen molar-refractivity contribution in [2.75, 3.05) is 18.0 Å². The Morgan fingerprint density at radius 2 is 2.00 bits per heavy atom. The zero-order chi connectivity index (χ0) is 12.4. The summed E-state index contributed by atoms with van der Waals surface area (Å²) in [6, 6.07) is 6.25. The Hall–Kier alpha value is -0.540. The molecule has 1 heterocycles. The highest BCUT2D eigenvalue weighted by Crippen LogP contribution is 2.30. The maximum atomic E-state index is 9.60. The van der Waals surface area contributed by atoms with Crippen LogP contribution in [0.4, 0.5) is 5.69 Å². The summed E-state index contributed by atoms with van der Waals surface area (Å²) in [7, 11) is 0. The minimum atomic E-state index is -0.417. The van der Waals surface area contributed by atoms with Crippen LogP contribution in [0, 0.1) is 5.92 Å².